The Kier molecular flexibility index (Phi) is 4.62. The number of benzene rings is 1. The predicted molar refractivity (Wildman–Crippen MR) is 116 cm³/mol. The number of amides is 1. The van der Waals surface area contributed by atoms with Gasteiger partial charge in [0.15, 0.2) is 0 Å². The summed E-state index contributed by atoms with van der Waals surface area (Å²) in [6.45, 7) is 4.90. The van der Waals surface area contributed by atoms with E-state index in [2.05, 4.69) is 9.88 Å². The van der Waals surface area contributed by atoms with E-state index in [1.807, 2.05) is 29.7 Å². The lowest BCUT2D eigenvalue weighted by Gasteiger charge is -2.35. The number of ether oxygens (including phenoxy) is 1. The molecular weight excluding hydrogens is 404 g/mol. The third-order valence-corrected chi connectivity index (χ3v) is 6.00. The van der Waals surface area contributed by atoms with Gasteiger partial charge in [-0.25, -0.2) is 4.98 Å². The zero-order valence-electron chi connectivity index (χ0n) is 16.5. The maximum Gasteiger partial charge on any atom is 0.259 e. The van der Waals surface area contributed by atoms with E-state index in [0.717, 1.165) is 5.82 Å². The van der Waals surface area contributed by atoms with Crippen molar-refractivity contribution in [3.63, 3.8) is 0 Å². The number of piperazine rings is 1. The molecule has 1 unspecified atom stereocenters. The summed E-state index contributed by atoms with van der Waals surface area (Å²) in [6.07, 6.45) is 3.36. The summed E-state index contributed by atoms with van der Waals surface area (Å²) < 4.78 is 7.78. The Morgan fingerprint density at radius 1 is 1.17 bits per heavy atom. The van der Waals surface area contributed by atoms with Gasteiger partial charge in [-0.3, -0.25) is 9.59 Å². The van der Waals surface area contributed by atoms with Crippen molar-refractivity contribution < 1.29 is 9.53 Å². The van der Waals surface area contributed by atoms with E-state index >= 15 is 0 Å². The van der Waals surface area contributed by atoms with Crippen LogP contribution in [-0.2, 0) is 6.54 Å². The molecule has 0 radical (unpaired) electrons. The lowest BCUT2D eigenvalue weighted by atomic mass is 10.1. The van der Waals surface area contributed by atoms with Gasteiger partial charge in [0.25, 0.3) is 5.91 Å². The maximum atomic E-state index is 13.3. The van der Waals surface area contributed by atoms with E-state index in [0.29, 0.717) is 54.4 Å². The van der Waals surface area contributed by atoms with Gasteiger partial charge < -0.3 is 19.1 Å². The number of hydrogen-bond acceptors (Lipinski definition) is 5. The molecule has 7 nitrogen and oxygen atoms in total. The second kappa shape index (κ2) is 7.32. The molecule has 30 heavy (non-hydrogen) atoms. The fourth-order valence-electron chi connectivity index (χ4n) is 4.23. The summed E-state index contributed by atoms with van der Waals surface area (Å²) in [6, 6.07) is 9.22. The first-order valence-electron chi connectivity index (χ1n) is 10.0. The second-order valence-corrected chi connectivity index (χ2v) is 8.10. The smallest absolute Gasteiger partial charge is 0.259 e. The number of anilines is 1. The summed E-state index contributed by atoms with van der Waals surface area (Å²) in [4.78, 5) is 34.7. The summed E-state index contributed by atoms with van der Waals surface area (Å²) >= 11 is 6.37. The zero-order chi connectivity index (χ0) is 20.8. The highest BCUT2D eigenvalue weighted by Gasteiger charge is 2.28. The number of aromatic nitrogens is 2. The minimum absolute atomic E-state index is 0.0609. The van der Waals surface area contributed by atoms with E-state index < -0.39 is 0 Å². The van der Waals surface area contributed by atoms with Crippen LogP contribution >= 0.6 is 11.6 Å². The summed E-state index contributed by atoms with van der Waals surface area (Å²) in [5.74, 6) is 1.26. The van der Waals surface area contributed by atoms with Gasteiger partial charge in [-0.1, -0.05) is 17.7 Å². The standard InChI is InChI=1S/C22H21ClN4O3/c1-14-12-27-13-15(21(28)19-16(23)5-6-17(30-14)20(19)27)22(29)26-10-8-25(9-11-26)18-4-2-3-7-24-18/h2-7,13-14H,8-12H2,1H3. The Bertz CT molecular complexity index is 1190. The molecule has 154 valence electrons. The fraction of sp³-hybridized carbons (Fsp3) is 0.318. The van der Waals surface area contributed by atoms with Crippen LogP contribution in [0.5, 0.6) is 5.75 Å². The number of carbonyl (C=O) groups is 1. The van der Waals surface area contributed by atoms with Crippen molar-refractivity contribution in [2.24, 2.45) is 0 Å². The zero-order valence-corrected chi connectivity index (χ0v) is 17.3. The van der Waals surface area contributed by atoms with Crippen LogP contribution in [0.2, 0.25) is 5.02 Å². The van der Waals surface area contributed by atoms with Crippen molar-refractivity contribution >= 4 is 34.2 Å². The van der Waals surface area contributed by atoms with Gasteiger partial charge in [-0.2, -0.15) is 0 Å². The molecule has 4 heterocycles. The van der Waals surface area contributed by atoms with Crippen LogP contribution in [0.3, 0.4) is 0 Å². The molecule has 5 rings (SSSR count). The van der Waals surface area contributed by atoms with Crippen molar-refractivity contribution in [1.82, 2.24) is 14.5 Å². The van der Waals surface area contributed by atoms with Gasteiger partial charge in [-0.15, -0.1) is 0 Å². The molecule has 1 amide bonds. The van der Waals surface area contributed by atoms with Crippen molar-refractivity contribution in [3.8, 4) is 5.75 Å². The minimum atomic E-state index is -0.344. The molecule has 3 aromatic rings. The van der Waals surface area contributed by atoms with Crippen molar-refractivity contribution in [2.75, 3.05) is 31.1 Å². The number of halogens is 1. The first-order valence-corrected chi connectivity index (χ1v) is 10.4. The van der Waals surface area contributed by atoms with Gasteiger partial charge in [0.1, 0.15) is 23.2 Å². The molecule has 1 fully saturated rings. The minimum Gasteiger partial charge on any atom is -0.487 e. The van der Waals surface area contributed by atoms with E-state index in [1.54, 1.807) is 29.4 Å². The Labute approximate surface area is 178 Å². The van der Waals surface area contributed by atoms with Gasteiger partial charge in [0.2, 0.25) is 5.43 Å². The molecule has 1 saturated heterocycles. The average molecular weight is 425 g/mol. The normalized spacial score (nSPS) is 18.4. The highest BCUT2D eigenvalue weighted by atomic mass is 35.5. The number of nitrogens with zero attached hydrogens (tertiary/aromatic N) is 4. The molecule has 0 spiro atoms. The average Bonchev–Trinajstić information content (AvgIpc) is 2.77. The van der Waals surface area contributed by atoms with Crippen LogP contribution in [0.25, 0.3) is 10.9 Å². The van der Waals surface area contributed by atoms with Crippen LogP contribution < -0.4 is 15.1 Å². The number of carbonyl (C=O) groups excluding carboxylic acids is 1. The SMILES string of the molecule is CC1Cn2cc(C(=O)N3CCN(c4ccccn4)CC3)c(=O)c3c(Cl)ccc(c32)O1. The number of rotatable bonds is 2. The highest BCUT2D eigenvalue weighted by molar-refractivity contribution is 6.35. The van der Waals surface area contributed by atoms with Crippen LogP contribution in [0.15, 0.2) is 47.5 Å². The van der Waals surface area contributed by atoms with Gasteiger partial charge in [0.05, 0.1) is 22.5 Å². The topological polar surface area (TPSA) is 67.7 Å². The van der Waals surface area contributed by atoms with Gasteiger partial charge in [-0.05, 0) is 31.2 Å². The Hall–Kier alpha value is -3.06. The first kappa shape index (κ1) is 18.9. The molecule has 2 aliphatic heterocycles. The maximum absolute atomic E-state index is 13.3. The van der Waals surface area contributed by atoms with Crippen LogP contribution in [0.1, 0.15) is 17.3 Å². The summed E-state index contributed by atoms with van der Waals surface area (Å²) in [5.41, 5.74) is 0.465. The number of hydrogen-bond donors (Lipinski definition) is 0. The third-order valence-electron chi connectivity index (χ3n) is 5.69. The van der Waals surface area contributed by atoms with Crippen LogP contribution in [0, 0.1) is 0 Å². The largest absolute Gasteiger partial charge is 0.487 e. The molecule has 8 heteroatoms. The van der Waals surface area contributed by atoms with Crippen molar-refractivity contribution in [3.05, 3.63) is 63.5 Å². The van der Waals surface area contributed by atoms with E-state index in [9.17, 15) is 9.59 Å². The van der Waals surface area contributed by atoms with Gasteiger partial charge in [0, 0.05) is 38.6 Å². The molecule has 0 bridgehead atoms. The molecule has 1 atom stereocenters. The lowest BCUT2D eigenvalue weighted by Crippen LogP contribution is -2.50. The first-order chi connectivity index (χ1) is 14.5. The molecule has 2 aliphatic rings. The van der Waals surface area contributed by atoms with Crippen molar-refractivity contribution in [1.29, 1.82) is 0 Å². The van der Waals surface area contributed by atoms with Crippen LogP contribution in [0.4, 0.5) is 5.82 Å². The molecule has 0 aliphatic carbocycles. The second-order valence-electron chi connectivity index (χ2n) is 7.69. The summed E-state index contributed by atoms with van der Waals surface area (Å²) in [5, 5.41) is 0.680. The van der Waals surface area contributed by atoms with E-state index in [1.165, 1.54) is 0 Å². The molecule has 2 aromatic heterocycles. The van der Waals surface area contributed by atoms with E-state index in [-0.39, 0.29) is 23.0 Å². The third kappa shape index (κ3) is 3.10. The van der Waals surface area contributed by atoms with Crippen LogP contribution in [-0.4, -0.2) is 52.6 Å². The molecule has 0 saturated carbocycles. The molecule has 1 aromatic carbocycles. The quantitative estimate of drug-likeness (QED) is 0.632. The highest BCUT2D eigenvalue weighted by Crippen LogP contribution is 2.33. The van der Waals surface area contributed by atoms with Crippen molar-refractivity contribution in [2.45, 2.75) is 19.6 Å². The summed E-state index contributed by atoms with van der Waals surface area (Å²) in [7, 11) is 0. The molecular formula is C22H21ClN4O3. The predicted octanol–water partition coefficient (Wildman–Crippen LogP) is 2.79. The van der Waals surface area contributed by atoms with Gasteiger partial charge >= 0.3 is 0 Å². The monoisotopic (exact) mass is 424 g/mol. The van der Waals surface area contributed by atoms with E-state index in [4.69, 9.17) is 16.3 Å². The lowest BCUT2D eigenvalue weighted by molar-refractivity contribution is 0.0744. The molecule has 0 N–H and O–H groups in total. The Balaban J connectivity index is 1.47. The number of pyridine rings is 2. The Morgan fingerprint density at radius 3 is 2.70 bits per heavy atom. The Morgan fingerprint density at radius 2 is 1.97 bits per heavy atom. The fourth-order valence-corrected chi connectivity index (χ4v) is 4.47.